The molecule has 0 radical (unpaired) electrons. The summed E-state index contributed by atoms with van der Waals surface area (Å²) < 4.78 is 4.67. The largest absolute Gasteiger partial charge is 0.465 e. The molecular formula is C17H15Br2NO4. The molecule has 5 nitrogen and oxygen atoms in total. The molecular weight excluding hydrogens is 442 g/mol. The van der Waals surface area contributed by atoms with Crippen molar-refractivity contribution in [1.29, 1.82) is 0 Å². The van der Waals surface area contributed by atoms with E-state index in [9.17, 15) is 14.4 Å². The molecule has 1 aliphatic heterocycles. The molecule has 0 spiro atoms. The first-order chi connectivity index (χ1) is 11.5. The molecule has 0 unspecified atom stereocenters. The summed E-state index contributed by atoms with van der Waals surface area (Å²) in [7, 11) is 1.31. The van der Waals surface area contributed by atoms with E-state index in [1.807, 2.05) is 0 Å². The molecule has 1 heterocycles. The van der Waals surface area contributed by atoms with Crippen molar-refractivity contribution in [2.24, 2.45) is 23.7 Å². The number of rotatable bonds is 2. The molecule has 1 saturated heterocycles. The van der Waals surface area contributed by atoms with E-state index < -0.39 is 5.97 Å². The fourth-order valence-electron chi connectivity index (χ4n) is 4.47. The Morgan fingerprint density at radius 1 is 1.04 bits per heavy atom. The summed E-state index contributed by atoms with van der Waals surface area (Å²) in [6, 6.07) is 6.40. The van der Waals surface area contributed by atoms with Gasteiger partial charge in [-0.05, 0) is 42.5 Å². The zero-order chi connectivity index (χ0) is 17.2. The summed E-state index contributed by atoms with van der Waals surface area (Å²) in [6.45, 7) is 0. The molecule has 126 valence electrons. The normalized spacial score (nSPS) is 37.0. The van der Waals surface area contributed by atoms with E-state index in [2.05, 4.69) is 36.6 Å². The number of carbonyl (C=O) groups excluding carboxylic acids is 3. The first-order valence-corrected chi connectivity index (χ1v) is 9.63. The summed E-state index contributed by atoms with van der Waals surface area (Å²) >= 11 is 7.35. The lowest BCUT2D eigenvalue weighted by Crippen LogP contribution is -2.37. The zero-order valence-electron chi connectivity index (χ0n) is 12.8. The number of hydrogen-bond donors (Lipinski definition) is 0. The third-order valence-electron chi connectivity index (χ3n) is 5.53. The second kappa shape index (κ2) is 5.66. The van der Waals surface area contributed by atoms with Crippen LogP contribution in [0.3, 0.4) is 0 Å². The third kappa shape index (κ3) is 2.07. The van der Waals surface area contributed by atoms with Crippen LogP contribution in [0.25, 0.3) is 0 Å². The van der Waals surface area contributed by atoms with E-state index in [1.165, 1.54) is 12.0 Å². The maximum atomic E-state index is 12.9. The van der Waals surface area contributed by atoms with Crippen LogP contribution in [0.1, 0.15) is 16.8 Å². The highest BCUT2D eigenvalue weighted by molar-refractivity contribution is 9.12. The monoisotopic (exact) mass is 455 g/mol. The van der Waals surface area contributed by atoms with Crippen LogP contribution in [0.5, 0.6) is 0 Å². The van der Waals surface area contributed by atoms with Gasteiger partial charge in [0.1, 0.15) is 0 Å². The lowest BCUT2D eigenvalue weighted by molar-refractivity contribution is -0.123. The Balaban J connectivity index is 1.65. The number of methoxy groups -OCH3 is 1. The Labute approximate surface area is 156 Å². The van der Waals surface area contributed by atoms with Gasteiger partial charge in [0.15, 0.2) is 0 Å². The topological polar surface area (TPSA) is 63.7 Å². The Bertz CT molecular complexity index is 703. The van der Waals surface area contributed by atoms with Gasteiger partial charge in [0, 0.05) is 9.65 Å². The molecule has 0 aromatic heterocycles. The Kier molecular flexibility index (Phi) is 3.84. The van der Waals surface area contributed by atoms with Gasteiger partial charge in [-0.1, -0.05) is 31.9 Å². The van der Waals surface area contributed by atoms with Crippen LogP contribution in [0.4, 0.5) is 5.69 Å². The molecule has 7 heteroatoms. The van der Waals surface area contributed by atoms with Crippen molar-refractivity contribution in [1.82, 2.24) is 0 Å². The molecule has 1 aromatic carbocycles. The van der Waals surface area contributed by atoms with Gasteiger partial charge in [-0.15, -0.1) is 0 Å². The molecule has 2 bridgehead atoms. The molecule has 1 aromatic rings. The minimum atomic E-state index is -0.445. The average Bonchev–Trinajstić information content (AvgIpc) is 3.19. The first kappa shape index (κ1) is 16.3. The molecule has 2 amide bonds. The Morgan fingerprint density at radius 3 is 2.00 bits per heavy atom. The van der Waals surface area contributed by atoms with Crippen LogP contribution in [0, 0.1) is 23.7 Å². The van der Waals surface area contributed by atoms with Crippen LogP contribution in [-0.4, -0.2) is 34.5 Å². The second-order valence-electron chi connectivity index (χ2n) is 6.55. The molecule has 24 heavy (non-hydrogen) atoms. The lowest BCUT2D eigenvalue weighted by atomic mass is 9.81. The summed E-state index contributed by atoms with van der Waals surface area (Å²) in [4.78, 5) is 39.0. The predicted molar refractivity (Wildman–Crippen MR) is 94.3 cm³/mol. The van der Waals surface area contributed by atoms with Crippen LogP contribution in [0.2, 0.25) is 0 Å². The van der Waals surface area contributed by atoms with E-state index in [1.54, 1.807) is 24.3 Å². The molecule has 2 aliphatic carbocycles. The van der Waals surface area contributed by atoms with Crippen molar-refractivity contribution < 1.29 is 19.1 Å². The van der Waals surface area contributed by atoms with Gasteiger partial charge >= 0.3 is 5.97 Å². The maximum Gasteiger partial charge on any atom is 0.337 e. The van der Waals surface area contributed by atoms with Crippen molar-refractivity contribution >= 4 is 55.3 Å². The summed E-state index contributed by atoms with van der Waals surface area (Å²) in [5.74, 6) is -0.763. The van der Waals surface area contributed by atoms with Crippen molar-refractivity contribution in [3.05, 3.63) is 29.8 Å². The molecule has 6 atom stereocenters. The Morgan fingerprint density at radius 2 is 1.54 bits per heavy atom. The highest BCUT2D eigenvalue weighted by Gasteiger charge is 2.66. The molecule has 3 fully saturated rings. The van der Waals surface area contributed by atoms with E-state index in [0.717, 1.165) is 6.42 Å². The highest BCUT2D eigenvalue weighted by Crippen LogP contribution is 2.60. The number of amides is 2. The summed E-state index contributed by atoms with van der Waals surface area (Å²) in [6.07, 6.45) is 0.910. The lowest BCUT2D eigenvalue weighted by Gasteiger charge is -2.28. The number of benzene rings is 1. The van der Waals surface area contributed by atoms with Gasteiger partial charge in [-0.25, -0.2) is 4.79 Å². The van der Waals surface area contributed by atoms with Crippen molar-refractivity contribution in [3.8, 4) is 0 Å². The standard InChI is InChI=1S/C17H15Br2NO4/c1-24-17(23)7-2-4-8(5-3-7)20-15(21)11-9-6-10(12(11)16(20)22)14(19)13(9)18/h2-5,9-14H,6H2,1H3/t9-,10-,11-,12-,13-,14+/m1/s1. The van der Waals surface area contributed by atoms with E-state index in [0.29, 0.717) is 11.3 Å². The highest BCUT2D eigenvalue weighted by atomic mass is 79.9. The second-order valence-corrected chi connectivity index (χ2v) is 8.67. The number of fused-ring (bicyclic) bond motifs is 5. The SMILES string of the molecule is COC(=O)c1ccc(N2C(=O)[C@@H]3[C@H]4C[C@@H]([C@@H](Br)[C@H]4Br)[C@H]3C2=O)cc1. The number of ether oxygens (including phenoxy) is 1. The molecule has 0 N–H and O–H groups in total. The number of halogens is 2. The minimum Gasteiger partial charge on any atom is -0.465 e. The fraction of sp³-hybridized carbons (Fsp3) is 0.471. The van der Waals surface area contributed by atoms with Gasteiger partial charge in [-0.3, -0.25) is 14.5 Å². The Hall–Kier alpha value is -1.21. The predicted octanol–water partition coefficient (Wildman–Crippen LogP) is 2.76. The number of hydrogen-bond acceptors (Lipinski definition) is 4. The van der Waals surface area contributed by atoms with Gasteiger partial charge in [-0.2, -0.15) is 0 Å². The summed E-state index contributed by atoms with van der Waals surface area (Å²) in [5, 5.41) is 0. The van der Waals surface area contributed by atoms with Gasteiger partial charge in [0.25, 0.3) is 0 Å². The van der Waals surface area contributed by atoms with Crippen LogP contribution in [0.15, 0.2) is 24.3 Å². The maximum absolute atomic E-state index is 12.9. The van der Waals surface area contributed by atoms with E-state index in [4.69, 9.17) is 0 Å². The van der Waals surface area contributed by atoms with Gasteiger partial charge in [0.05, 0.1) is 30.2 Å². The molecule has 2 saturated carbocycles. The quantitative estimate of drug-likeness (QED) is 0.390. The number of anilines is 1. The van der Waals surface area contributed by atoms with Crippen LogP contribution >= 0.6 is 31.9 Å². The van der Waals surface area contributed by atoms with Gasteiger partial charge < -0.3 is 4.74 Å². The average molecular weight is 457 g/mol. The smallest absolute Gasteiger partial charge is 0.337 e. The number of esters is 1. The van der Waals surface area contributed by atoms with Crippen LogP contribution in [-0.2, 0) is 14.3 Å². The number of imide groups is 1. The number of alkyl halides is 2. The molecule has 3 aliphatic rings. The van der Waals surface area contributed by atoms with Crippen LogP contribution < -0.4 is 4.90 Å². The van der Waals surface area contributed by atoms with Gasteiger partial charge in [0.2, 0.25) is 11.8 Å². The first-order valence-electron chi connectivity index (χ1n) is 7.80. The number of carbonyl (C=O) groups is 3. The van der Waals surface area contributed by atoms with E-state index >= 15 is 0 Å². The van der Waals surface area contributed by atoms with Crippen molar-refractivity contribution in [2.75, 3.05) is 12.0 Å². The van der Waals surface area contributed by atoms with Crippen molar-refractivity contribution in [3.63, 3.8) is 0 Å². The molecule has 4 rings (SSSR count). The van der Waals surface area contributed by atoms with E-state index in [-0.39, 0.29) is 45.1 Å². The zero-order valence-corrected chi connectivity index (χ0v) is 16.0. The summed E-state index contributed by atoms with van der Waals surface area (Å²) in [5.41, 5.74) is 0.908. The third-order valence-corrected chi connectivity index (χ3v) is 8.74. The number of nitrogens with zero attached hydrogens (tertiary/aromatic N) is 1. The van der Waals surface area contributed by atoms with Crippen molar-refractivity contribution in [2.45, 2.75) is 16.1 Å². The fourth-order valence-corrected chi connectivity index (χ4v) is 6.34. The minimum absolute atomic E-state index is 0.118.